The Morgan fingerprint density at radius 3 is 2.76 bits per heavy atom. The van der Waals surface area contributed by atoms with Gasteiger partial charge in [0.1, 0.15) is 5.03 Å². The molecule has 2 N–H and O–H groups in total. The highest BCUT2D eigenvalue weighted by Gasteiger charge is 2.42. The Balaban J connectivity index is 2.34. The van der Waals surface area contributed by atoms with Gasteiger partial charge in [-0.3, -0.25) is 0 Å². The third kappa shape index (κ3) is 2.25. The van der Waals surface area contributed by atoms with Crippen LogP contribution in [-0.4, -0.2) is 41.0 Å². The SMILES string of the molecule is CC1(C)CC(O)CCN1S(=O)(=O)c1ccc[nH]1. The van der Waals surface area contributed by atoms with Crippen LogP contribution in [0.5, 0.6) is 0 Å². The second-order valence-electron chi connectivity index (χ2n) is 5.07. The molecule has 1 aromatic rings. The summed E-state index contributed by atoms with van der Waals surface area (Å²) >= 11 is 0. The van der Waals surface area contributed by atoms with Crippen molar-refractivity contribution in [1.29, 1.82) is 0 Å². The maximum Gasteiger partial charge on any atom is 0.258 e. The van der Waals surface area contributed by atoms with E-state index in [4.69, 9.17) is 0 Å². The van der Waals surface area contributed by atoms with Crippen LogP contribution in [0.25, 0.3) is 0 Å². The van der Waals surface area contributed by atoms with E-state index < -0.39 is 21.7 Å². The number of sulfonamides is 1. The van der Waals surface area contributed by atoms with Crippen LogP contribution in [0.4, 0.5) is 0 Å². The van der Waals surface area contributed by atoms with E-state index in [0.717, 1.165) is 0 Å². The van der Waals surface area contributed by atoms with Crippen LogP contribution in [0.15, 0.2) is 23.4 Å². The van der Waals surface area contributed by atoms with Crippen LogP contribution >= 0.6 is 0 Å². The van der Waals surface area contributed by atoms with Crippen molar-refractivity contribution in [2.24, 2.45) is 0 Å². The number of rotatable bonds is 2. The third-order valence-corrected chi connectivity index (χ3v) is 5.28. The Kier molecular flexibility index (Phi) is 3.05. The van der Waals surface area contributed by atoms with Gasteiger partial charge in [0.15, 0.2) is 0 Å². The quantitative estimate of drug-likeness (QED) is 0.829. The van der Waals surface area contributed by atoms with Crippen LogP contribution < -0.4 is 0 Å². The van der Waals surface area contributed by atoms with Crippen molar-refractivity contribution in [3.8, 4) is 0 Å². The molecule has 0 aromatic carbocycles. The number of nitrogens with zero attached hydrogens (tertiary/aromatic N) is 1. The fourth-order valence-electron chi connectivity index (χ4n) is 2.39. The van der Waals surface area contributed by atoms with Crippen molar-refractivity contribution in [2.75, 3.05) is 6.54 Å². The highest BCUT2D eigenvalue weighted by atomic mass is 32.2. The fourth-order valence-corrected chi connectivity index (χ4v) is 4.16. The molecule has 1 fully saturated rings. The third-order valence-electron chi connectivity index (χ3n) is 3.21. The second kappa shape index (κ2) is 4.12. The molecule has 6 heteroatoms. The molecule has 1 aliphatic rings. The normalized spacial score (nSPS) is 25.9. The number of aromatic amines is 1. The van der Waals surface area contributed by atoms with Gasteiger partial charge in [-0.05, 0) is 38.8 Å². The fraction of sp³-hybridized carbons (Fsp3) is 0.636. The summed E-state index contributed by atoms with van der Waals surface area (Å²) in [7, 11) is -3.48. The molecule has 1 aliphatic heterocycles. The number of piperidine rings is 1. The van der Waals surface area contributed by atoms with Crippen molar-refractivity contribution in [3.63, 3.8) is 0 Å². The van der Waals surface area contributed by atoms with Crippen molar-refractivity contribution in [2.45, 2.75) is 43.4 Å². The molecule has 5 nitrogen and oxygen atoms in total. The number of aliphatic hydroxyl groups excluding tert-OH is 1. The standard InChI is InChI=1S/C11H18N2O3S/c1-11(2)8-9(14)5-7-13(11)17(15,16)10-4-3-6-12-10/h3-4,6,9,12,14H,5,7-8H2,1-2H3. The lowest BCUT2D eigenvalue weighted by atomic mass is 9.91. The first-order chi connectivity index (χ1) is 7.84. The molecule has 1 atom stereocenters. The topological polar surface area (TPSA) is 73.4 Å². The molecule has 17 heavy (non-hydrogen) atoms. The average Bonchev–Trinajstić information content (AvgIpc) is 2.67. The molecule has 2 rings (SSSR count). The molecule has 2 heterocycles. The van der Waals surface area contributed by atoms with Gasteiger partial charge in [0, 0.05) is 18.3 Å². The van der Waals surface area contributed by atoms with Gasteiger partial charge in [-0.2, -0.15) is 4.31 Å². The summed E-state index contributed by atoms with van der Waals surface area (Å²) in [5, 5.41) is 9.84. The van der Waals surface area contributed by atoms with E-state index in [0.29, 0.717) is 19.4 Å². The number of hydrogen-bond donors (Lipinski definition) is 2. The van der Waals surface area contributed by atoms with Gasteiger partial charge in [0.25, 0.3) is 10.0 Å². The number of nitrogens with one attached hydrogen (secondary N) is 1. The molecule has 0 spiro atoms. The summed E-state index contributed by atoms with van der Waals surface area (Å²) in [5.41, 5.74) is -0.554. The molecule has 0 radical (unpaired) electrons. The first kappa shape index (κ1) is 12.6. The summed E-state index contributed by atoms with van der Waals surface area (Å²) in [6.45, 7) is 4.04. The zero-order valence-corrected chi connectivity index (χ0v) is 10.9. The van der Waals surface area contributed by atoms with Crippen LogP contribution in [0.1, 0.15) is 26.7 Å². The second-order valence-corrected chi connectivity index (χ2v) is 6.90. The predicted octanol–water partition coefficient (Wildman–Crippen LogP) is 0.939. The molecule has 0 bridgehead atoms. The van der Waals surface area contributed by atoms with E-state index in [9.17, 15) is 13.5 Å². The Bertz CT molecular complexity index is 479. The monoisotopic (exact) mass is 258 g/mol. The minimum absolute atomic E-state index is 0.210. The molecule has 1 aromatic heterocycles. The summed E-state index contributed by atoms with van der Waals surface area (Å²) in [4.78, 5) is 2.73. The zero-order valence-electron chi connectivity index (χ0n) is 10.0. The molecular weight excluding hydrogens is 240 g/mol. The van der Waals surface area contributed by atoms with Crippen molar-refractivity contribution in [3.05, 3.63) is 18.3 Å². The molecule has 0 amide bonds. The minimum atomic E-state index is -3.48. The molecule has 96 valence electrons. The maximum atomic E-state index is 12.4. The molecule has 0 aliphatic carbocycles. The molecular formula is C11H18N2O3S. The van der Waals surface area contributed by atoms with Crippen LogP contribution in [0.3, 0.4) is 0 Å². The van der Waals surface area contributed by atoms with Gasteiger partial charge in [0.2, 0.25) is 0 Å². The Morgan fingerprint density at radius 2 is 2.24 bits per heavy atom. The summed E-state index contributed by atoms with van der Waals surface area (Å²) in [5.74, 6) is 0. The molecule has 1 unspecified atom stereocenters. The number of hydrogen-bond acceptors (Lipinski definition) is 3. The van der Waals surface area contributed by atoms with E-state index in [1.54, 1.807) is 18.3 Å². The first-order valence-corrected chi connectivity index (χ1v) is 7.12. The first-order valence-electron chi connectivity index (χ1n) is 5.68. The summed E-state index contributed by atoms with van der Waals surface area (Å²) in [6, 6.07) is 3.22. The molecule has 1 saturated heterocycles. The summed E-state index contributed by atoms with van der Waals surface area (Å²) < 4.78 is 26.2. The van der Waals surface area contributed by atoms with E-state index in [-0.39, 0.29) is 5.03 Å². The zero-order chi connectivity index (χ0) is 12.7. The smallest absolute Gasteiger partial charge is 0.258 e. The van der Waals surface area contributed by atoms with Crippen molar-refractivity contribution < 1.29 is 13.5 Å². The lowest BCUT2D eigenvalue weighted by Gasteiger charge is -2.42. The van der Waals surface area contributed by atoms with Crippen molar-refractivity contribution in [1.82, 2.24) is 9.29 Å². The Labute approximate surface area is 102 Å². The van der Waals surface area contributed by atoms with E-state index in [1.165, 1.54) is 4.31 Å². The van der Waals surface area contributed by atoms with E-state index >= 15 is 0 Å². The van der Waals surface area contributed by atoms with Crippen LogP contribution in [0.2, 0.25) is 0 Å². The van der Waals surface area contributed by atoms with Gasteiger partial charge < -0.3 is 10.1 Å². The van der Waals surface area contributed by atoms with Crippen molar-refractivity contribution >= 4 is 10.0 Å². The molecule has 0 saturated carbocycles. The lowest BCUT2D eigenvalue weighted by molar-refractivity contribution is 0.0443. The Hall–Kier alpha value is -0.850. The van der Waals surface area contributed by atoms with Gasteiger partial charge in [-0.1, -0.05) is 0 Å². The van der Waals surface area contributed by atoms with Gasteiger partial charge >= 0.3 is 0 Å². The van der Waals surface area contributed by atoms with Gasteiger partial charge in [-0.25, -0.2) is 8.42 Å². The highest BCUT2D eigenvalue weighted by Crippen LogP contribution is 2.32. The number of aromatic nitrogens is 1. The van der Waals surface area contributed by atoms with Crippen LogP contribution in [0, 0.1) is 0 Å². The minimum Gasteiger partial charge on any atom is -0.393 e. The average molecular weight is 258 g/mol. The van der Waals surface area contributed by atoms with E-state index in [2.05, 4.69) is 4.98 Å². The largest absolute Gasteiger partial charge is 0.393 e. The predicted molar refractivity (Wildman–Crippen MR) is 64.0 cm³/mol. The lowest BCUT2D eigenvalue weighted by Crippen LogP contribution is -2.53. The number of H-pyrrole nitrogens is 1. The maximum absolute atomic E-state index is 12.4. The Morgan fingerprint density at radius 1 is 1.53 bits per heavy atom. The van der Waals surface area contributed by atoms with Crippen LogP contribution in [-0.2, 0) is 10.0 Å². The van der Waals surface area contributed by atoms with E-state index in [1.807, 2.05) is 13.8 Å². The van der Waals surface area contributed by atoms with Gasteiger partial charge in [-0.15, -0.1) is 0 Å². The van der Waals surface area contributed by atoms with Gasteiger partial charge in [0.05, 0.1) is 6.10 Å². The number of aliphatic hydroxyl groups is 1. The summed E-state index contributed by atoms with van der Waals surface area (Å²) in [6.07, 6.45) is 2.13. The highest BCUT2D eigenvalue weighted by molar-refractivity contribution is 7.89.